The Balaban J connectivity index is 2.26. The fourth-order valence-electron chi connectivity index (χ4n) is 1.85. The Morgan fingerprint density at radius 3 is 2.72 bits per heavy atom. The molecule has 1 heterocycles. The molecular formula is C13H11ClN6O5. The molecule has 25 heavy (non-hydrogen) atoms. The lowest BCUT2D eigenvalue weighted by Gasteiger charge is -2.03. The van der Waals surface area contributed by atoms with Crippen LogP contribution < -0.4 is 11.2 Å². The zero-order valence-corrected chi connectivity index (χ0v) is 13.4. The number of aryl methyl sites for hydroxylation is 1. The molecule has 0 aliphatic rings. The van der Waals surface area contributed by atoms with Crippen LogP contribution in [-0.4, -0.2) is 22.1 Å². The highest BCUT2D eigenvalue weighted by atomic mass is 35.5. The van der Waals surface area contributed by atoms with E-state index in [4.69, 9.17) is 21.8 Å². The highest BCUT2D eigenvalue weighted by Gasteiger charge is 2.20. The molecule has 12 heteroatoms. The second-order valence-electron chi connectivity index (χ2n) is 4.67. The Hall–Kier alpha value is -3.47. The van der Waals surface area contributed by atoms with Gasteiger partial charge in [0.05, 0.1) is 16.7 Å². The van der Waals surface area contributed by atoms with Gasteiger partial charge in [-0.1, -0.05) is 11.6 Å². The van der Waals surface area contributed by atoms with Crippen molar-refractivity contribution in [2.24, 2.45) is 15.9 Å². The zero-order valence-electron chi connectivity index (χ0n) is 12.7. The smallest absolute Gasteiger partial charge is 0.286 e. The number of nitrogens with zero attached hydrogens (tertiary/aromatic N) is 4. The van der Waals surface area contributed by atoms with Crippen LogP contribution in [0.2, 0.25) is 5.02 Å². The maximum atomic E-state index is 11.2. The van der Waals surface area contributed by atoms with E-state index in [1.165, 1.54) is 30.5 Å². The lowest BCUT2D eigenvalue weighted by molar-refractivity contribution is -0.485. The van der Waals surface area contributed by atoms with Gasteiger partial charge < -0.3 is 10.2 Å². The maximum absolute atomic E-state index is 11.2. The van der Waals surface area contributed by atoms with Crippen molar-refractivity contribution in [3.8, 4) is 11.3 Å². The highest BCUT2D eigenvalue weighted by Crippen LogP contribution is 2.35. The van der Waals surface area contributed by atoms with E-state index in [0.29, 0.717) is 10.6 Å². The molecule has 0 atom stereocenters. The van der Waals surface area contributed by atoms with Gasteiger partial charge in [0.15, 0.2) is 5.03 Å². The van der Waals surface area contributed by atoms with E-state index in [1.54, 1.807) is 6.92 Å². The van der Waals surface area contributed by atoms with Gasteiger partial charge in [-0.15, -0.1) is 0 Å². The van der Waals surface area contributed by atoms with Gasteiger partial charge in [-0.3, -0.25) is 10.1 Å². The number of nitro benzene ring substituents is 1. The Bertz CT molecular complexity index is 891. The number of hydrazone groups is 2. The molecule has 0 spiro atoms. The molecule has 0 saturated heterocycles. The zero-order chi connectivity index (χ0) is 18.6. The summed E-state index contributed by atoms with van der Waals surface area (Å²) in [6.45, 7) is 1.65. The molecule has 0 saturated carbocycles. The molecule has 1 aromatic heterocycles. The quantitative estimate of drug-likeness (QED) is 0.354. The standard InChI is InChI=1S/C13H11ClN6O5/c1-7-4-11(19(21)22)9(5-10(7)14)12-3-2-8(25-12)6-16-17-13(15)18-20(23)24/h2-6H,1H3,(H3,15,17,18)/b16-6+. The molecule has 3 N–H and O–H groups in total. The van der Waals surface area contributed by atoms with Crippen LogP contribution in [0.1, 0.15) is 11.3 Å². The van der Waals surface area contributed by atoms with Crippen LogP contribution in [-0.2, 0) is 0 Å². The number of rotatable bonds is 5. The first-order valence-electron chi connectivity index (χ1n) is 6.60. The summed E-state index contributed by atoms with van der Waals surface area (Å²) in [5.74, 6) is -0.0848. The second-order valence-corrected chi connectivity index (χ2v) is 5.08. The molecule has 0 unspecified atom stereocenters. The lowest BCUT2D eigenvalue weighted by atomic mass is 10.1. The van der Waals surface area contributed by atoms with E-state index >= 15 is 0 Å². The fraction of sp³-hybridized carbons (Fsp3) is 0.0769. The first kappa shape index (κ1) is 17.9. The molecule has 0 aliphatic carbocycles. The molecule has 0 amide bonds. The monoisotopic (exact) mass is 366 g/mol. The van der Waals surface area contributed by atoms with E-state index < -0.39 is 15.9 Å². The van der Waals surface area contributed by atoms with Crippen LogP contribution in [0.5, 0.6) is 0 Å². The first-order valence-corrected chi connectivity index (χ1v) is 6.98. The third kappa shape index (κ3) is 4.51. The Labute approximate surface area is 145 Å². The van der Waals surface area contributed by atoms with Gasteiger partial charge in [0.2, 0.25) is 0 Å². The van der Waals surface area contributed by atoms with Gasteiger partial charge in [-0.25, -0.2) is 15.5 Å². The van der Waals surface area contributed by atoms with Crippen molar-refractivity contribution in [2.75, 3.05) is 0 Å². The van der Waals surface area contributed by atoms with Crippen molar-refractivity contribution >= 4 is 29.5 Å². The average Bonchev–Trinajstić information content (AvgIpc) is 2.97. The van der Waals surface area contributed by atoms with E-state index in [0.717, 1.165) is 0 Å². The van der Waals surface area contributed by atoms with Gasteiger partial charge in [0.25, 0.3) is 11.6 Å². The Morgan fingerprint density at radius 1 is 1.36 bits per heavy atom. The van der Waals surface area contributed by atoms with Crippen molar-refractivity contribution in [3.63, 3.8) is 0 Å². The summed E-state index contributed by atoms with van der Waals surface area (Å²) in [5.41, 5.74) is 7.93. The van der Waals surface area contributed by atoms with Crippen LogP contribution >= 0.6 is 11.6 Å². The summed E-state index contributed by atoms with van der Waals surface area (Å²) < 4.78 is 5.45. The normalized spacial score (nSPS) is 11.7. The van der Waals surface area contributed by atoms with E-state index in [1.807, 2.05) is 0 Å². The lowest BCUT2D eigenvalue weighted by Crippen LogP contribution is -2.28. The van der Waals surface area contributed by atoms with E-state index in [9.17, 15) is 20.2 Å². The van der Waals surface area contributed by atoms with Crippen LogP contribution in [0, 0.1) is 27.2 Å². The number of furan rings is 1. The van der Waals surface area contributed by atoms with Gasteiger partial charge in [0, 0.05) is 11.1 Å². The molecule has 1 aromatic carbocycles. The van der Waals surface area contributed by atoms with Crippen molar-refractivity contribution in [1.82, 2.24) is 5.43 Å². The summed E-state index contributed by atoms with van der Waals surface area (Å²) in [6, 6.07) is 5.79. The maximum Gasteiger partial charge on any atom is 0.286 e. The van der Waals surface area contributed by atoms with Crippen LogP contribution in [0.4, 0.5) is 5.69 Å². The number of hydrogen-bond acceptors (Lipinski definition) is 6. The number of guanidine groups is 1. The van der Waals surface area contributed by atoms with Crippen LogP contribution in [0.15, 0.2) is 38.9 Å². The largest absolute Gasteiger partial charge is 0.455 e. The topological polar surface area (TPSA) is 162 Å². The van der Waals surface area contributed by atoms with Crippen molar-refractivity contribution < 1.29 is 14.4 Å². The van der Waals surface area contributed by atoms with Gasteiger partial charge >= 0.3 is 0 Å². The minimum Gasteiger partial charge on any atom is -0.455 e. The average molecular weight is 367 g/mol. The summed E-state index contributed by atoms with van der Waals surface area (Å²) in [5, 5.41) is 27.1. The number of benzene rings is 1. The molecule has 0 fully saturated rings. The van der Waals surface area contributed by atoms with Gasteiger partial charge in [-0.2, -0.15) is 5.10 Å². The number of halogens is 1. The predicted octanol–water partition coefficient (Wildman–Crippen LogP) is 2.25. The third-order valence-electron chi connectivity index (χ3n) is 2.93. The first-order chi connectivity index (χ1) is 11.8. The molecule has 0 aliphatic heterocycles. The minimum atomic E-state index is -0.983. The second kappa shape index (κ2) is 7.40. The molecule has 11 nitrogen and oxygen atoms in total. The number of hydrogen-bond donors (Lipinski definition) is 2. The highest BCUT2D eigenvalue weighted by molar-refractivity contribution is 6.31. The van der Waals surface area contributed by atoms with Crippen molar-refractivity contribution in [2.45, 2.75) is 6.92 Å². The summed E-state index contributed by atoms with van der Waals surface area (Å²) >= 11 is 6.02. The van der Waals surface area contributed by atoms with Gasteiger partial charge in [-0.05, 0) is 30.7 Å². The number of nitrogens with two attached hydrogens (primary N) is 1. The summed E-state index contributed by atoms with van der Waals surface area (Å²) in [7, 11) is 0. The third-order valence-corrected chi connectivity index (χ3v) is 3.33. The number of nitrogens with one attached hydrogen (secondary N) is 1. The number of nitro groups is 2. The van der Waals surface area contributed by atoms with Crippen LogP contribution in [0.25, 0.3) is 11.3 Å². The van der Waals surface area contributed by atoms with E-state index in [-0.39, 0.29) is 22.8 Å². The van der Waals surface area contributed by atoms with E-state index in [2.05, 4.69) is 15.6 Å². The molecule has 0 bridgehead atoms. The van der Waals surface area contributed by atoms with Gasteiger partial charge in [0.1, 0.15) is 16.6 Å². The Morgan fingerprint density at radius 2 is 2.08 bits per heavy atom. The fourth-order valence-corrected chi connectivity index (χ4v) is 2.02. The molecule has 0 radical (unpaired) electrons. The van der Waals surface area contributed by atoms with Crippen molar-refractivity contribution in [3.05, 3.63) is 60.8 Å². The summed E-state index contributed by atoms with van der Waals surface area (Å²) in [4.78, 5) is 20.8. The minimum absolute atomic E-state index is 0.153. The van der Waals surface area contributed by atoms with Crippen LogP contribution in [0.3, 0.4) is 0 Å². The SMILES string of the molecule is Cc1cc([N+](=O)[O-])c(-c2ccc(/C=N/N/C(N)=N/[N+](=O)[O-])o2)cc1Cl. The Kier molecular flexibility index (Phi) is 5.29. The van der Waals surface area contributed by atoms with Crippen molar-refractivity contribution in [1.29, 1.82) is 0 Å². The molecule has 2 aromatic rings. The molecule has 2 rings (SSSR count). The predicted molar refractivity (Wildman–Crippen MR) is 89.9 cm³/mol. The summed E-state index contributed by atoms with van der Waals surface area (Å²) in [6.07, 6.45) is 1.17. The molecule has 130 valence electrons. The molecular weight excluding hydrogens is 356 g/mol.